The normalized spacial score (nSPS) is 11.9. The van der Waals surface area contributed by atoms with Crippen LogP contribution in [0.2, 0.25) is 0 Å². The molecule has 0 heterocycles. The Labute approximate surface area is 117 Å². The Morgan fingerprint density at radius 1 is 1.58 bits per heavy atom. The van der Waals surface area contributed by atoms with Crippen LogP contribution in [0.25, 0.3) is 0 Å². The van der Waals surface area contributed by atoms with Gasteiger partial charge in [0, 0.05) is 23.1 Å². The Morgan fingerprint density at radius 3 is 2.95 bits per heavy atom. The van der Waals surface area contributed by atoms with Crippen LogP contribution in [0.3, 0.4) is 0 Å². The van der Waals surface area contributed by atoms with Crippen molar-refractivity contribution in [3.8, 4) is 5.75 Å². The molecule has 1 rings (SSSR count). The molecular formula is C13H20N2O3S. The number of amides is 1. The van der Waals surface area contributed by atoms with Crippen molar-refractivity contribution in [2.75, 3.05) is 30.5 Å². The molecule has 0 aliphatic heterocycles. The number of nitrogens with one attached hydrogen (secondary N) is 1. The van der Waals surface area contributed by atoms with Gasteiger partial charge in [0.25, 0.3) is 0 Å². The summed E-state index contributed by atoms with van der Waals surface area (Å²) >= 11 is 1.56. The lowest BCUT2D eigenvalue weighted by Crippen LogP contribution is -2.14. The van der Waals surface area contributed by atoms with E-state index in [-0.39, 0.29) is 17.8 Å². The number of carbonyl (C=O) groups is 1. The number of carbonyl (C=O) groups excluding carboxylic acids is 1. The summed E-state index contributed by atoms with van der Waals surface area (Å²) in [4.78, 5) is 11.8. The first kappa shape index (κ1) is 15.7. The van der Waals surface area contributed by atoms with Crippen molar-refractivity contribution in [2.24, 2.45) is 0 Å². The molecular weight excluding hydrogens is 264 g/mol. The van der Waals surface area contributed by atoms with Crippen LogP contribution < -0.4 is 15.8 Å². The number of benzene rings is 1. The second-order valence-electron chi connectivity index (χ2n) is 4.12. The van der Waals surface area contributed by atoms with Gasteiger partial charge in [-0.1, -0.05) is 6.92 Å². The summed E-state index contributed by atoms with van der Waals surface area (Å²) in [6.07, 6.45) is 0.382. The van der Waals surface area contributed by atoms with Crippen molar-refractivity contribution < 1.29 is 14.6 Å². The maximum Gasteiger partial charge on any atom is 0.225 e. The summed E-state index contributed by atoms with van der Waals surface area (Å²) in [5.74, 6) is 1.15. The fourth-order valence-corrected chi connectivity index (χ4v) is 2.25. The van der Waals surface area contributed by atoms with E-state index < -0.39 is 0 Å². The Morgan fingerprint density at radius 2 is 2.32 bits per heavy atom. The van der Waals surface area contributed by atoms with Crippen LogP contribution in [-0.4, -0.2) is 35.7 Å². The maximum atomic E-state index is 11.8. The van der Waals surface area contributed by atoms with E-state index in [1.165, 1.54) is 0 Å². The molecule has 0 fully saturated rings. The zero-order valence-corrected chi connectivity index (χ0v) is 12.0. The van der Waals surface area contributed by atoms with Crippen molar-refractivity contribution in [2.45, 2.75) is 18.6 Å². The zero-order valence-electron chi connectivity index (χ0n) is 11.2. The topological polar surface area (TPSA) is 84.6 Å². The van der Waals surface area contributed by atoms with E-state index in [4.69, 9.17) is 15.6 Å². The van der Waals surface area contributed by atoms with Gasteiger partial charge < -0.3 is 20.9 Å². The molecule has 0 aliphatic carbocycles. The van der Waals surface area contributed by atoms with Crippen molar-refractivity contribution in [1.82, 2.24) is 0 Å². The molecule has 0 aliphatic rings. The SMILES string of the molecule is COc1ccc(N)cc1NC(=O)CCSC(C)CO. The van der Waals surface area contributed by atoms with Gasteiger partial charge in [0.15, 0.2) is 0 Å². The van der Waals surface area contributed by atoms with E-state index in [9.17, 15) is 4.79 Å². The zero-order chi connectivity index (χ0) is 14.3. The number of anilines is 2. The van der Waals surface area contributed by atoms with E-state index in [2.05, 4.69) is 5.32 Å². The molecule has 1 unspecified atom stereocenters. The number of aliphatic hydroxyl groups is 1. The van der Waals surface area contributed by atoms with Crippen LogP contribution >= 0.6 is 11.8 Å². The van der Waals surface area contributed by atoms with Gasteiger partial charge in [-0.05, 0) is 18.2 Å². The van der Waals surface area contributed by atoms with Crippen LogP contribution in [0.4, 0.5) is 11.4 Å². The highest BCUT2D eigenvalue weighted by atomic mass is 32.2. The lowest BCUT2D eigenvalue weighted by atomic mass is 10.2. The third-order valence-electron chi connectivity index (χ3n) is 2.49. The van der Waals surface area contributed by atoms with Gasteiger partial charge in [-0.25, -0.2) is 0 Å². The number of methoxy groups -OCH3 is 1. The molecule has 0 spiro atoms. The van der Waals surface area contributed by atoms with E-state index in [1.54, 1.807) is 37.1 Å². The van der Waals surface area contributed by atoms with E-state index in [0.717, 1.165) is 0 Å². The summed E-state index contributed by atoms with van der Waals surface area (Å²) < 4.78 is 5.15. The number of aliphatic hydroxyl groups excluding tert-OH is 1. The van der Waals surface area contributed by atoms with Gasteiger partial charge in [0.1, 0.15) is 5.75 Å². The molecule has 1 aromatic carbocycles. The molecule has 0 bridgehead atoms. The Kier molecular flexibility index (Phi) is 6.52. The third kappa shape index (κ3) is 5.40. The highest BCUT2D eigenvalue weighted by Crippen LogP contribution is 2.26. The molecule has 1 amide bonds. The number of rotatable bonds is 7. The number of thioether (sulfide) groups is 1. The van der Waals surface area contributed by atoms with Crippen LogP contribution in [0, 0.1) is 0 Å². The second-order valence-corrected chi connectivity index (χ2v) is 5.67. The molecule has 1 aromatic rings. The van der Waals surface area contributed by atoms with Crippen LogP contribution in [0.15, 0.2) is 18.2 Å². The highest BCUT2D eigenvalue weighted by molar-refractivity contribution is 7.99. The van der Waals surface area contributed by atoms with Crippen molar-refractivity contribution in [3.63, 3.8) is 0 Å². The van der Waals surface area contributed by atoms with Crippen molar-refractivity contribution >= 4 is 29.0 Å². The number of ether oxygens (including phenoxy) is 1. The summed E-state index contributed by atoms with van der Waals surface area (Å²) in [5.41, 5.74) is 6.82. The predicted molar refractivity (Wildman–Crippen MR) is 79.7 cm³/mol. The fourth-order valence-electron chi connectivity index (χ4n) is 1.44. The molecule has 0 radical (unpaired) electrons. The van der Waals surface area contributed by atoms with Crippen molar-refractivity contribution in [1.29, 1.82) is 0 Å². The minimum absolute atomic E-state index is 0.0958. The van der Waals surface area contributed by atoms with Gasteiger partial charge in [0.2, 0.25) is 5.91 Å². The molecule has 6 heteroatoms. The second kappa shape index (κ2) is 7.91. The lowest BCUT2D eigenvalue weighted by Gasteiger charge is -2.11. The molecule has 0 saturated carbocycles. The number of nitrogen functional groups attached to an aromatic ring is 1. The lowest BCUT2D eigenvalue weighted by molar-refractivity contribution is -0.115. The first-order valence-corrected chi connectivity index (χ1v) is 7.07. The third-order valence-corrected chi connectivity index (χ3v) is 3.64. The first-order chi connectivity index (χ1) is 9.06. The monoisotopic (exact) mass is 284 g/mol. The minimum Gasteiger partial charge on any atom is -0.495 e. The summed E-state index contributed by atoms with van der Waals surface area (Å²) in [7, 11) is 1.54. The van der Waals surface area contributed by atoms with Crippen molar-refractivity contribution in [3.05, 3.63) is 18.2 Å². The van der Waals surface area contributed by atoms with Gasteiger partial charge in [-0.3, -0.25) is 4.79 Å². The van der Waals surface area contributed by atoms with Crippen LogP contribution in [-0.2, 0) is 4.79 Å². The smallest absolute Gasteiger partial charge is 0.225 e. The predicted octanol–water partition coefficient (Wildman–Crippen LogP) is 1.72. The van der Waals surface area contributed by atoms with E-state index in [0.29, 0.717) is 29.3 Å². The maximum absolute atomic E-state index is 11.8. The average molecular weight is 284 g/mol. The average Bonchev–Trinajstić information content (AvgIpc) is 2.38. The van der Waals surface area contributed by atoms with Crippen LogP contribution in [0.1, 0.15) is 13.3 Å². The van der Waals surface area contributed by atoms with Gasteiger partial charge in [0.05, 0.1) is 19.4 Å². The largest absolute Gasteiger partial charge is 0.495 e. The molecule has 19 heavy (non-hydrogen) atoms. The quantitative estimate of drug-likeness (QED) is 0.664. The Hall–Kier alpha value is -1.40. The van der Waals surface area contributed by atoms with E-state index >= 15 is 0 Å². The van der Waals surface area contributed by atoms with Gasteiger partial charge >= 0.3 is 0 Å². The standard InChI is InChI=1S/C13H20N2O3S/c1-9(8-16)19-6-5-13(17)15-11-7-10(14)3-4-12(11)18-2/h3-4,7,9,16H,5-6,8,14H2,1-2H3,(H,15,17). The first-order valence-electron chi connectivity index (χ1n) is 6.02. The molecule has 106 valence electrons. The molecule has 1 atom stereocenters. The van der Waals surface area contributed by atoms with Crippen LogP contribution in [0.5, 0.6) is 5.75 Å². The van der Waals surface area contributed by atoms with Gasteiger partial charge in [-0.2, -0.15) is 11.8 Å². The van der Waals surface area contributed by atoms with E-state index in [1.807, 2.05) is 6.92 Å². The Bertz CT molecular complexity index is 426. The molecule has 4 N–H and O–H groups in total. The number of hydrogen-bond acceptors (Lipinski definition) is 5. The highest BCUT2D eigenvalue weighted by Gasteiger charge is 2.09. The Balaban J connectivity index is 2.50. The molecule has 0 saturated heterocycles. The fraction of sp³-hybridized carbons (Fsp3) is 0.462. The summed E-state index contributed by atoms with van der Waals surface area (Å²) in [6.45, 7) is 2.04. The molecule has 0 aromatic heterocycles. The molecule has 5 nitrogen and oxygen atoms in total. The number of hydrogen-bond donors (Lipinski definition) is 3. The summed E-state index contributed by atoms with van der Waals surface area (Å²) in [5, 5.41) is 11.8. The van der Waals surface area contributed by atoms with Gasteiger partial charge in [-0.15, -0.1) is 0 Å². The minimum atomic E-state index is -0.0958. The summed E-state index contributed by atoms with van der Waals surface area (Å²) in [6, 6.07) is 5.10. The number of nitrogens with two attached hydrogens (primary N) is 1.